The zero-order valence-corrected chi connectivity index (χ0v) is 21.8. The number of amides is 2. The molecule has 0 aliphatic heterocycles. The second kappa shape index (κ2) is 10.5. The van der Waals surface area contributed by atoms with E-state index in [0.717, 1.165) is 10.9 Å². The summed E-state index contributed by atoms with van der Waals surface area (Å²) in [6, 6.07) is 7.01. The van der Waals surface area contributed by atoms with Crippen LogP contribution in [0.2, 0.25) is 0 Å². The van der Waals surface area contributed by atoms with Gasteiger partial charge in [-0.1, -0.05) is 0 Å². The van der Waals surface area contributed by atoms with Gasteiger partial charge in [0.15, 0.2) is 11.5 Å². The zero-order valence-electron chi connectivity index (χ0n) is 20.9. The maximum Gasteiger partial charge on any atom is 0.271 e. The van der Waals surface area contributed by atoms with Crippen LogP contribution in [0.4, 0.5) is 5.69 Å². The molecule has 36 heavy (non-hydrogen) atoms. The molecule has 2 aromatic carbocycles. The Morgan fingerprint density at radius 3 is 2.14 bits per heavy atom. The van der Waals surface area contributed by atoms with Crippen molar-refractivity contribution in [3.05, 3.63) is 42.6 Å². The van der Waals surface area contributed by atoms with E-state index in [9.17, 15) is 18.0 Å². The van der Waals surface area contributed by atoms with Crippen LogP contribution in [0, 0.1) is 0 Å². The highest BCUT2D eigenvalue weighted by molar-refractivity contribution is 7.93. The van der Waals surface area contributed by atoms with Crippen LogP contribution in [-0.4, -0.2) is 58.2 Å². The van der Waals surface area contributed by atoms with Crippen molar-refractivity contribution in [3.8, 4) is 17.2 Å². The van der Waals surface area contributed by atoms with Gasteiger partial charge in [0, 0.05) is 36.3 Å². The van der Waals surface area contributed by atoms with Crippen molar-refractivity contribution < 1.29 is 32.2 Å². The van der Waals surface area contributed by atoms with E-state index in [4.69, 9.17) is 19.9 Å². The number of aryl methyl sites for hydroxylation is 1. The molecule has 1 heterocycles. The largest absolute Gasteiger partial charge is 0.493 e. The van der Waals surface area contributed by atoms with E-state index in [-0.39, 0.29) is 27.8 Å². The van der Waals surface area contributed by atoms with Crippen LogP contribution in [0.15, 0.2) is 47.5 Å². The number of rotatable bonds is 9. The molecule has 3 rings (SSSR count). The predicted molar refractivity (Wildman–Crippen MR) is 135 cm³/mol. The lowest BCUT2D eigenvalue weighted by Crippen LogP contribution is -2.52. The summed E-state index contributed by atoms with van der Waals surface area (Å²) in [4.78, 5) is 25.5. The van der Waals surface area contributed by atoms with Crippen LogP contribution in [0.3, 0.4) is 0 Å². The summed E-state index contributed by atoms with van der Waals surface area (Å²) in [5.41, 5.74) is 6.54. The molecule has 11 nitrogen and oxygen atoms in total. The Balaban J connectivity index is 2.21. The molecule has 0 fully saturated rings. The summed E-state index contributed by atoms with van der Waals surface area (Å²) in [5, 5.41) is 3.19. The van der Waals surface area contributed by atoms with Gasteiger partial charge >= 0.3 is 0 Å². The molecule has 0 saturated carbocycles. The van der Waals surface area contributed by atoms with Crippen molar-refractivity contribution in [2.75, 3.05) is 25.6 Å². The number of hydrogen-bond donors (Lipinski definition) is 2. The number of carbonyl (C=O) groups is 2. The lowest BCUT2D eigenvalue weighted by molar-refractivity contribution is -0.127. The van der Waals surface area contributed by atoms with Crippen molar-refractivity contribution in [2.24, 2.45) is 12.8 Å². The van der Waals surface area contributed by atoms with Gasteiger partial charge in [0.25, 0.3) is 15.9 Å². The maximum atomic E-state index is 14.0. The first-order valence-electron chi connectivity index (χ1n) is 11.0. The van der Waals surface area contributed by atoms with E-state index in [0.29, 0.717) is 4.31 Å². The molecule has 3 aromatic rings. The van der Waals surface area contributed by atoms with E-state index in [1.54, 1.807) is 18.2 Å². The molecule has 12 heteroatoms. The quantitative estimate of drug-likeness (QED) is 0.437. The number of methoxy groups -OCH3 is 3. The molecule has 1 aromatic heterocycles. The fraction of sp³-hybridized carbons (Fsp3) is 0.333. The second-order valence-corrected chi connectivity index (χ2v) is 9.94. The first-order valence-corrected chi connectivity index (χ1v) is 12.4. The van der Waals surface area contributed by atoms with E-state index in [2.05, 4.69) is 5.32 Å². The Kier molecular flexibility index (Phi) is 7.80. The molecule has 2 atom stereocenters. The highest BCUT2D eigenvalue weighted by atomic mass is 32.2. The first-order chi connectivity index (χ1) is 17.0. The van der Waals surface area contributed by atoms with Gasteiger partial charge in [-0.3, -0.25) is 9.59 Å². The van der Waals surface area contributed by atoms with E-state index in [1.165, 1.54) is 53.4 Å². The minimum atomic E-state index is -4.53. The van der Waals surface area contributed by atoms with E-state index >= 15 is 0 Å². The van der Waals surface area contributed by atoms with Crippen LogP contribution < -0.4 is 29.6 Å². The summed E-state index contributed by atoms with van der Waals surface area (Å²) < 4.78 is 46.4. The summed E-state index contributed by atoms with van der Waals surface area (Å²) >= 11 is 0. The Morgan fingerprint density at radius 1 is 1.00 bits per heavy atom. The molecule has 0 spiro atoms. The minimum Gasteiger partial charge on any atom is -0.493 e. The standard InChI is InChI=1S/C24H30N4O7S/c1-14(25)23(29)26-15(2)24(30)28(17-7-8-19-16(11-17)9-10-27(19)3)36(31,32)18-12-20(33-4)22(35-6)21(13-18)34-5/h7-15H,25H2,1-6H3,(H,26,29). The molecule has 0 aliphatic carbocycles. The maximum absolute atomic E-state index is 14.0. The van der Waals surface area contributed by atoms with Gasteiger partial charge in [-0.25, -0.2) is 12.7 Å². The smallest absolute Gasteiger partial charge is 0.271 e. The highest BCUT2D eigenvalue weighted by Gasteiger charge is 2.36. The molecular formula is C24H30N4O7S. The Labute approximate surface area is 209 Å². The minimum absolute atomic E-state index is 0.0920. The van der Waals surface area contributed by atoms with Gasteiger partial charge < -0.3 is 29.8 Å². The predicted octanol–water partition coefficient (Wildman–Crippen LogP) is 1.78. The molecule has 2 amide bonds. The molecule has 0 aliphatic rings. The third-order valence-corrected chi connectivity index (χ3v) is 7.33. The van der Waals surface area contributed by atoms with E-state index < -0.39 is 33.9 Å². The summed E-state index contributed by atoms with van der Waals surface area (Å²) in [7, 11) is 1.42. The third kappa shape index (κ3) is 4.95. The number of sulfonamides is 1. The van der Waals surface area contributed by atoms with Crippen molar-refractivity contribution >= 4 is 38.4 Å². The van der Waals surface area contributed by atoms with E-state index in [1.807, 2.05) is 17.8 Å². The third-order valence-electron chi connectivity index (χ3n) is 5.62. The lowest BCUT2D eigenvalue weighted by Gasteiger charge is -2.27. The number of ether oxygens (including phenoxy) is 3. The molecular weight excluding hydrogens is 488 g/mol. The van der Waals surface area contributed by atoms with Crippen LogP contribution in [0.25, 0.3) is 10.9 Å². The van der Waals surface area contributed by atoms with Gasteiger partial charge in [0.1, 0.15) is 6.04 Å². The summed E-state index contributed by atoms with van der Waals surface area (Å²) in [5.74, 6) is -1.09. The SMILES string of the molecule is COc1cc(S(=O)(=O)N(C(=O)C(C)NC(=O)C(C)N)c2ccc3c(ccn3C)c2)cc(OC)c1OC. The van der Waals surface area contributed by atoms with Gasteiger partial charge in [0.2, 0.25) is 11.7 Å². The number of aromatic nitrogens is 1. The molecule has 2 unspecified atom stereocenters. The highest BCUT2D eigenvalue weighted by Crippen LogP contribution is 2.41. The normalized spacial score (nSPS) is 13.1. The van der Waals surface area contributed by atoms with Crippen molar-refractivity contribution in [1.29, 1.82) is 0 Å². The Hall–Kier alpha value is -3.77. The molecule has 194 valence electrons. The Bertz CT molecular complexity index is 1370. The Morgan fingerprint density at radius 2 is 1.61 bits per heavy atom. The van der Waals surface area contributed by atoms with Crippen LogP contribution in [-0.2, 0) is 26.7 Å². The van der Waals surface area contributed by atoms with Crippen molar-refractivity contribution in [3.63, 3.8) is 0 Å². The molecule has 0 saturated heterocycles. The monoisotopic (exact) mass is 518 g/mol. The second-order valence-electron chi connectivity index (χ2n) is 8.16. The molecule has 0 bridgehead atoms. The number of fused-ring (bicyclic) bond motifs is 1. The van der Waals surface area contributed by atoms with Crippen LogP contribution >= 0.6 is 0 Å². The number of benzene rings is 2. The average molecular weight is 519 g/mol. The average Bonchev–Trinajstić information content (AvgIpc) is 3.22. The van der Waals surface area contributed by atoms with Gasteiger partial charge in [-0.15, -0.1) is 0 Å². The fourth-order valence-electron chi connectivity index (χ4n) is 3.67. The number of hydrogen-bond acceptors (Lipinski definition) is 8. The molecule has 0 radical (unpaired) electrons. The molecule has 3 N–H and O–H groups in total. The number of nitrogens with zero attached hydrogens (tertiary/aromatic N) is 2. The summed E-state index contributed by atoms with van der Waals surface area (Å²) in [6.45, 7) is 2.85. The number of nitrogens with two attached hydrogens (primary N) is 1. The van der Waals surface area contributed by atoms with Crippen LogP contribution in [0.1, 0.15) is 13.8 Å². The number of anilines is 1. The summed E-state index contributed by atoms with van der Waals surface area (Å²) in [6.07, 6.45) is 1.82. The van der Waals surface area contributed by atoms with Crippen LogP contribution in [0.5, 0.6) is 17.2 Å². The van der Waals surface area contributed by atoms with Crippen molar-refractivity contribution in [1.82, 2.24) is 9.88 Å². The van der Waals surface area contributed by atoms with Gasteiger partial charge in [0.05, 0.1) is 38.0 Å². The van der Waals surface area contributed by atoms with Gasteiger partial charge in [-0.2, -0.15) is 0 Å². The van der Waals surface area contributed by atoms with Crippen molar-refractivity contribution in [2.45, 2.75) is 30.8 Å². The number of carbonyl (C=O) groups excluding carboxylic acids is 2. The lowest BCUT2D eigenvalue weighted by atomic mass is 10.2. The topological polar surface area (TPSA) is 142 Å². The first kappa shape index (κ1) is 26.8. The fourth-order valence-corrected chi connectivity index (χ4v) is 5.18. The number of nitrogens with one attached hydrogen (secondary N) is 1. The zero-order chi connectivity index (χ0) is 26.8. The van der Waals surface area contributed by atoms with Gasteiger partial charge in [-0.05, 0) is 38.1 Å².